The molecule has 1 amide bonds. The first-order chi connectivity index (χ1) is 16.0. The average molecular weight is 450 g/mol. The van der Waals surface area contributed by atoms with Gasteiger partial charge >= 0.3 is 0 Å². The molecule has 8 nitrogen and oxygen atoms in total. The first-order valence-corrected chi connectivity index (χ1v) is 10.5. The number of methoxy groups -OCH3 is 3. The molecule has 4 rings (SSSR count). The normalized spacial score (nSPS) is 16.8. The van der Waals surface area contributed by atoms with Gasteiger partial charge in [0, 0.05) is 30.8 Å². The van der Waals surface area contributed by atoms with Crippen LogP contribution in [0.15, 0.2) is 48.7 Å². The fourth-order valence-electron chi connectivity index (χ4n) is 4.04. The monoisotopic (exact) mass is 449 g/mol. The molecule has 2 aromatic carbocycles. The van der Waals surface area contributed by atoms with Gasteiger partial charge in [0.1, 0.15) is 6.61 Å². The Kier molecular flexibility index (Phi) is 6.48. The largest absolute Gasteiger partial charge is 0.493 e. The Morgan fingerprint density at radius 3 is 2.52 bits per heavy atom. The topological polar surface area (TPSA) is 105 Å². The van der Waals surface area contributed by atoms with Gasteiger partial charge in [-0.05, 0) is 40.8 Å². The molecule has 1 unspecified atom stereocenters. The number of ether oxygens (including phenoxy) is 4. The van der Waals surface area contributed by atoms with Crippen molar-refractivity contribution in [2.75, 3.05) is 33.3 Å². The molecule has 3 N–H and O–H groups in total. The zero-order chi connectivity index (χ0) is 23.4. The van der Waals surface area contributed by atoms with Crippen molar-refractivity contribution in [2.45, 2.75) is 18.8 Å². The van der Waals surface area contributed by atoms with E-state index in [9.17, 15) is 4.79 Å². The van der Waals surface area contributed by atoms with Gasteiger partial charge < -0.3 is 30.0 Å². The number of nitrogens with zero attached hydrogens (tertiary/aromatic N) is 1. The third-order valence-electron chi connectivity index (χ3n) is 5.60. The van der Waals surface area contributed by atoms with Gasteiger partial charge in [0.25, 0.3) is 0 Å². The minimum Gasteiger partial charge on any atom is -0.493 e. The van der Waals surface area contributed by atoms with Crippen molar-refractivity contribution in [1.29, 1.82) is 0 Å². The lowest BCUT2D eigenvalue weighted by atomic mass is 9.93. The molecule has 0 radical (unpaired) electrons. The number of carbonyl (C=O) groups excluding carboxylic acids is 1. The summed E-state index contributed by atoms with van der Waals surface area (Å²) >= 11 is 0. The summed E-state index contributed by atoms with van der Waals surface area (Å²) in [6, 6.07) is 11.7. The van der Waals surface area contributed by atoms with Crippen LogP contribution in [0.25, 0.3) is 16.8 Å². The van der Waals surface area contributed by atoms with Crippen molar-refractivity contribution in [3.8, 4) is 11.5 Å². The summed E-state index contributed by atoms with van der Waals surface area (Å²) in [5, 5.41) is 5.25. The number of para-hydroxylation sites is 1. The van der Waals surface area contributed by atoms with Crippen LogP contribution in [0.5, 0.6) is 11.5 Å². The number of anilines is 1. The van der Waals surface area contributed by atoms with Crippen LogP contribution in [0, 0.1) is 0 Å². The molecule has 0 aliphatic carbocycles. The van der Waals surface area contributed by atoms with Gasteiger partial charge in [-0.2, -0.15) is 0 Å². The third kappa shape index (κ3) is 4.62. The van der Waals surface area contributed by atoms with Crippen LogP contribution in [-0.2, 0) is 27.3 Å². The molecule has 3 aromatic rings. The highest BCUT2D eigenvalue weighted by molar-refractivity contribution is 5.91. The first-order valence-electron chi connectivity index (χ1n) is 10.5. The van der Waals surface area contributed by atoms with Crippen LogP contribution < -0.4 is 20.5 Å². The fraction of sp³-hybridized carbons (Fsp3) is 0.280. The molecule has 1 aliphatic rings. The highest BCUT2D eigenvalue weighted by atomic mass is 16.5. The van der Waals surface area contributed by atoms with E-state index in [1.807, 2.05) is 48.6 Å². The lowest BCUT2D eigenvalue weighted by Crippen LogP contribution is -2.45. The number of aromatic nitrogens is 1. The lowest BCUT2D eigenvalue weighted by molar-refractivity contribution is -0.126. The number of nitrogens with one attached hydrogen (secondary N) is 1. The molecule has 1 aliphatic heterocycles. The molecule has 0 saturated carbocycles. The van der Waals surface area contributed by atoms with E-state index in [4.69, 9.17) is 24.7 Å². The summed E-state index contributed by atoms with van der Waals surface area (Å²) in [7, 11) is 4.82. The molecule has 8 heteroatoms. The molecule has 33 heavy (non-hydrogen) atoms. The van der Waals surface area contributed by atoms with Gasteiger partial charge in [-0.15, -0.1) is 0 Å². The number of nitrogens with two attached hydrogens (primary N) is 1. The SMILES string of the molecule is COCc1ncc(CC2(OCC(N)=O)C=Cc3ccccc3N2)c2cc(OC)c(OC)cc12. The van der Waals surface area contributed by atoms with Crippen molar-refractivity contribution in [1.82, 2.24) is 4.98 Å². The van der Waals surface area contributed by atoms with Crippen LogP contribution >= 0.6 is 0 Å². The standard InChI is InChI=1S/C25H27N3O5/c1-30-14-21-19-11-23(32-3)22(31-2)10-18(19)17(13-27-21)12-25(33-15-24(26)29)9-8-16-6-4-5-7-20(16)28-25/h4-11,13,28H,12,14-15H2,1-3H3,(H2,26,29). The number of rotatable bonds is 9. The Morgan fingerprint density at radius 1 is 1.09 bits per heavy atom. The van der Waals surface area contributed by atoms with Crippen molar-refractivity contribution < 1.29 is 23.7 Å². The number of hydrogen-bond acceptors (Lipinski definition) is 7. The minimum absolute atomic E-state index is 0.232. The van der Waals surface area contributed by atoms with E-state index in [1.165, 1.54) is 0 Å². The van der Waals surface area contributed by atoms with E-state index < -0.39 is 11.6 Å². The van der Waals surface area contributed by atoms with Gasteiger partial charge in [0.2, 0.25) is 5.91 Å². The number of amides is 1. The first kappa shape index (κ1) is 22.6. The van der Waals surface area contributed by atoms with Gasteiger partial charge in [0.05, 0.1) is 26.5 Å². The minimum atomic E-state index is -0.992. The Bertz CT molecular complexity index is 1210. The number of benzene rings is 2. The zero-order valence-corrected chi connectivity index (χ0v) is 18.9. The highest BCUT2D eigenvalue weighted by Crippen LogP contribution is 2.38. The molecular weight excluding hydrogens is 422 g/mol. The van der Waals surface area contributed by atoms with Crippen LogP contribution in [-0.4, -0.2) is 44.6 Å². The molecule has 0 fully saturated rings. The Hall–Kier alpha value is -3.62. The molecule has 1 atom stereocenters. The lowest BCUT2D eigenvalue weighted by Gasteiger charge is -2.36. The summed E-state index contributed by atoms with van der Waals surface area (Å²) < 4.78 is 22.4. The Labute approximate surface area is 192 Å². The summed E-state index contributed by atoms with van der Waals surface area (Å²) in [6.07, 6.45) is 6.07. The molecule has 0 spiro atoms. The zero-order valence-electron chi connectivity index (χ0n) is 18.9. The molecule has 1 aromatic heterocycles. The van der Waals surface area contributed by atoms with Crippen molar-refractivity contribution in [3.05, 3.63) is 65.5 Å². The average Bonchev–Trinajstić information content (AvgIpc) is 2.83. The number of carbonyl (C=O) groups is 1. The van der Waals surface area contributed by atoms with Crippen LogP contribution in [0.2, 0.25) is 0 Å². The second-order valence-corrected chi connectivity index (χ2v) is 7.78. The molecule has 2 heterocycles. The maximum Gasteiger partial charge on any atom is 0.243 e. The van der Waals surface area contributed by atoms with E-state index in [-0.39, 0.29) is 6.61 Å². The van der Waals surface area contributed by atoms with Crippen LogP contribution in [0.4, 0.5) is 5.69 Å². The maximum atomic E-state index is 11.6. The summed E-state index contributed by atoms with van der Waals surface area (Å²) in [6.45, 7) is 0.116. The maximum absolute atomic E-state index is 11.6. The van der Waals surface area contributed by atoms with Gasteiger partial charge in [-0.25, -0.2) is 0 Å². The summed E-state index contributed by atoms with van der Waals surface area (Å²) in [4.78, 5) is 16.2. The molecular formula is C25H27N3O5. The van der Waals surface area contributed by atoms with Crippen molar-refractivity contribution in [2.24, 2.45) is 5.73 Å². The van der Waals surface area contributed by atoms with Crippen molar-refractivity contribution >= 4 is 28.4 Å². The Balaban J connectivity index is 1.82. The molecule has 172 valence electrons. The predicted molar refractivity (Wildman–Crippen MR) is 126 cm³/mol. The van der Waals surface area contributed by atoms with E-state index >= 15 is 0 Å². The van der Waals surface area contributed by atoms with Gasteiger partial charge in [0.15, 0.2) is 17.2 Å². The second-order valence-electron chi connectivity index (χ2n) is 7.78. The number of hydrogen-bond donors (Lipinski definition) is 2. The predicted octanol–water partition coefficient (Wildman–Crippen LogP) is 3.28. The second kappa shape index (κ2) is 9.48. The number of fused-ring (bicyclic) bond motifs is 2. The van der Waals surface area contributed by atoms with Gasteiger partial charge in [-0.3, -0.25) is 9.78 Å². The van der Waals surface area contributed by atoms with E-state index in [0.717, 1.165) is 33.3 Å². The molecule has 0 bridgehead atoms. The fourth-order valence-corrected chi connectivity index (χ4v) is 4.04. The van der Waals surface area contributed by atoms with Crippen LogP contribution in [0.3, 0.4) is 0 Å². The highest BCUT2D eigenvalue weighted by Gasteiger charge is 2.33. The van der Waals surface area contributed by atoms with E-state index in [0.29, 0.717) is 24.5 Å². The third-order valence-corrected chi connectivity index (χ3v) is 5.60. The van der Waals surface area contributed by atoms with Crippen molar-refractivity contribution in [3.63, 3.8) is 0 Å². The number of primary amides is 1. The van der Waals surface area contributed by atoms with Gasteiger partial charge in [-0.1, -0.05) is 24.3 Å². The smallest absolute Gasteiger partial charge is 0.243 e. The quantitative estimate of drug-likeness (QED) is 0.516. The summed E-state index contributed by atoms with van der Waals surface area (Å²) in [5.74, 6) is 0.657. The van der Waals surface area contributed by atoms with E-state index in [1.54, 1.807) is 27.5 Å². The Morgan fingerprint density at radius 2 is 1.82 bits per heavy atom. The van der Waals surface area contributed by atoms with Crippen LogP contribution in [0.1, 0.15) is 16.8 Å². The van der Waals surface area contributed by atoms with E-state index in [2.05, 4.69) is 10.3 Å². The number of pyridine rings is 1. The summed E-state index contributed by atoms with van der Waals surface area (Å²) in [5.41, 5.74) is 8.01. The molecule has 0 saturated heterocycles.